The summed E-state index contributed by atoms with van der Waals surface area (Å²) >= 11 is 0. The Balaban J connectivity index is 2.53. The highest BCUT2D eigenvalue weighted by Gasteiger charge is 2.25. The highest BCUT2D eigenvalue weighted by molar-refractivity contribution is 6.23. The normalized spacial score (nSPS) is 12.0. The molecule has 0 fully saturated rings. The first kappa shape index (κ1) is 12.2. The van der Waals surface area contributed by atoms with Gasteiger partial charge in [0.15, 0.2) is 17.4 Å². The first-order valence-electron chi connectivity index (χ1n) is 6.13. The molecule has 21 heavy (non-hydrogen) atoms. The zero-order chi connectivity index (χ0) is 14.9. The number of phenols is 1. The molecule has 0 saturated carbocycles. The Morgan fingerprint density at radius 1 is 0.667 bits per heavy atom. The van der Waals surface area contributed by atoms with Crippen LogP contribution in [0.1, 0.15) is 0 Å². The molecular formula is C16H6F4O. The monoisotopic (exact) mass is 290 g/mol. The van der Waals surface area contributed by atoms with E-state index in [1.807, 2.05) is 0 Å². The van der Waals surface area contributed by atoms with Gasteiger partial charge in [0.25, 0.3) is 0 Å². The Kier molecular flexibility index (Phi) is 2.18. The van der Waals surface area contributed by atoms with Crippen LogP contribution in [0.15, 0.2) is 30.3 Å². The van der Waals surface area contributed by atoms with Gasteiger partial charge in [0.2, 0.25) is 0 Å². The maximum absolute atomic E-state index is 14.1. The second-order valence-electron chi connectivity index (χ2n) is 4.90. The topological polar surface area (TPSA) is 20.2 Å². The third kappa shape index (κ3) is 1.35. The van der Waals surface area contributed by atoms with Crippen LogP contribution in [0.3, 0.4) is 0 Å². The van der Waals surface area contributed by atoms with E-state index >= 15 is 0 Å². The molecule has 5 heteroatoms. The molecule has 4 aromatic rings. The number of rotatable bonds is 0. The fourth-order valence-electron chi connectivity index (χ4n) is 2.91. The number of phenolic OH excluding ortho intramolecular Hbond substituents is 1. The molecule has 0 spiro atoms. The zero-order valence-corrected chi connectivity index (χ0v) is 10.3. The van der Waals surface area contributed by atoms with Gasteiger partial charge in [-0.25, -0.2) is 17.6 Å². The Morgan fingerprint density at radius 3 is 1.62 bits per heavy atom. The Labute approximate surface area is 115 Å². The van der Waals surface area contributed by atoms with Crippen molar-refractivity contribution in [1.29, 1.82) is 0 Å². The summed E-state index contributed by atoms with van der Waals surface area (Å²) < 4.78 is 56.3. The van der Waals surface area contributed by atoms with Gasteiger partial charge < -0.3 is 5.11 Å². The minimum Gasteiger partial charge on any atom is -0.503 e. The first-order valence-corrected chi connectivity index (χ1v) is 6.13. The molecule has 0 aliphatic heterocycles. The molecule has 4 rings (SSSR count). The van der Waals surface area contributed by atoms with Crippen LogP contribution in [-0.2, 0) is 0 Å². The molecule has 0 radical (unpaired) electrons. The lowest BCUT2D eigenvalue weighted by molar-refractivity contribution is 0.401. The summed E-state index contributed by atoms with van der Waals surface area (Å²) in [5.41, 5.74) is 0. The average Bonchev–Trinajstić information content (AvgIpc) is 2.44. The number of benzene rings is 4. The van der Waals surface area contributed by atoms with Crippen molar-refractivity contribution in [1.82, 2.24) is 0 Å². The van der Waals surface area contributed by atoms with Crippen LogP contribution in [0, 0.1) is 23.3 Å². The van der Waals surface area contributed by atoms with Gasteiger partial charge >= 0.3 is 0 Å². The van der Waals surface area contributed by atoms with Crippen molar-refractivity contribution in [3.05, 3.63) is 53.6 Å². The van der Waals surface area contributed by atoms with E-state index in [0.29, 0.717) is 16.2 Å². The molecule has 0 bridgehead atoms. The molecule has 0 saturated heterocycles. The van der Waals surface area contributed by atoms with E-state index in [4.69, 9.17) is 0 Å². The fourth-order valence-corrected chi connectivity index (χ4v) is 2.91. The molecule has 0 heterocycles. The van der Waals surface area contributed by atoms with Gasteiger partial charge in [-0.1, -0.05) is 18.2 Å². The van der Waals surface area contributed by atoms with Gasteiger partial charge in [-0.05, 0) is 28.3 Å². The van der Waals surface area contributed by atoms with Crippen LogP contribution in [0.25, 0.3) is 32.3 Å². The molecule has 1 nitrogen and oxygen atoms in total. The number of hydrogen-bond donors (Lipinski definition) is 1. The molecule has 104 valence electrons. The van der Waals surface area contributed by atoms with E-state index in [-0.39, 0.29) is 5.39 Å². The van der Waals surface area contributed by atoms with Gasteiger partial charge in [0.05, 0.1) is 10.8 Å². The Bertz CT molecular complexity index is 964. The molecular weight excluding hydrogens is 284 g/mol. The largest absolute Gasteiger partial charge is 0.503 e. The van der Waals surface area contributed by atoms with E-state index in [2.05, 4.69) is 0 Å². The summed E-state index contributed by atoms with van der Waals surface area (Å²) in [6.07, 6.45) is 0. The molecule has 4 aromatic carbocycles. The van der Waals surface area contributed by atoms with E-state index in [1.165, 1.54) is 0 Å². The number of hydrogen-bond acceptors (Lipinski definition) is 1. The predicted molar refractivity (Wildman–Crippen MR) is 71.6 cm³/mol. The number of aromatic hydroxyl groups is 1. The Hall–Kier alpha value is -2.56. The van der Waals surface area contributed by atoms with Crippen molar-refractivity contribution in [3.8, 4) is 5.75 Å². The summed E-state index contributed by atoms with van der Waals surface area (Å²) in [5.74, 6) is -6.17. The predicted octanol–water partition coefficient (Wildman–Crippen LogP) is 4.85. The van der Waals surface area contributed by atoms with Crippen LogP contribution < -0.4 is 0 Å². The molecule has 1 N–H and O–H groups in total. The second-order valence-corrected chi connectivity index (χ2v) is 4.90. The fraction of sp³-hybridized carbons (Fsp3) is 0. The lowest BCUT2D eigenvalue weighted by Gasteiger charge is -2.14. The van der Waals surface area contributed by atoms with Gasteiger partial charge in [-0.3, -0.25) is 0 Å². The summed E-state index contributed by atoms with van der Waals surface area (Å²) in [4.78, 5) is 0. The smallest absolute Gasteiger partial charge is 0.189 e. The summed E-state index contributed by atoms with van der Waals surface area (Å²) in [5, 5.41) is 9.23. The van der Waals surface area contributed by atoms with Crippen LogP contribution in [0.5, 0.6) is 5.75 Å². The van der Waals surface area contributed by atoms with Gasteiger partial charge in [-0.15, -0.1) is 0 Å². The van der Waals surface area contributed by atoms with Crippen molar-refractivity contribution in [2.24, 2.45) is 0 Å². The summed E-state index contributed by atoms with van der Waals surface area (Å²) in [6.45, 7) is 0. The minimum atomic E-state index is -1.42. The minimum absolute atomic E-state index is 0.187. The maximum Gasteiger partial charge on any atom is 0.189 e. The molecule has 0 unspecified atom stereocenters. The van der Waals surface area contributed by atoms with Crippen molar-refractivity contribution >= 4 is 32.3 Å². The van der Waals surface area contributed by atoms with Crippen LogP contribution in [0.2, 0.25) is 0 Å². The highest BCUT2D eigenvalue weighted by atomic mass is 19.1. The second kappa shape index (κ2) is 3.75. The SMILES string of the molecule is Oc1c(F)c2c(F)cc3cccc4cc(F)c(c1F)c2c34. The van der Waals surface area contributed by atoms with Crippen LogP contribution in [0.4, 0.5) is 17.6 Å². The molecule has 0 amide bonds. The quantitative estimate of drug-likeness (QED) is 0.363. The highest BCUT2D eigenvalue weighted by Crippen LogP contribution is 2.42. The lowest BCUT2D eigenvalue weighted by Crippen LogP contribution is -1.97. The Morgan fingerprint density at radius 2 is 1.14 bits per heavy atom. The van der Waals surface area contributed by atoms with E-state index in [0.717, 1.165) is 12.1 Å². The standard InChI is InChI=1S/C16H6F4O/c17-8-4-6-2-1-3-7-5-9(18)12-13(10(6)7)11(8)14(19)16(21)15(12)20/h1-5,21H. The third-order valence-electron chi connectivity index (χ3n) is 3.78. The van der Waals surface area contributed by atoms with Crippen molar-refractivity contribution in [2.45, 2.75) is 0 Å². The number of halogens is 4. The van der Waals surface area contributed by atoms with Crippen molar-refractivity contribution < 1.29 is 22.7 Å². The van der Waals surface area contributed by atoms with Crippen molar-refractivity contribution in [3.63, 3.8) is 0 Å². The van der Waals surface area contributed by atoms with Crippen molar-refractivity contribution in [2.75, 3.05) is 0 Å². The maximum atomic E-state index is 14.1. The van der Waals surface area contributed by atoms with E-state index < -0.39 is 39.8 Å². The van der Waals surface area contributed by atoms with Gasteiger partial charge in [0, 0.05) is 5.39 Å². The van der Waals surface area contributed by atoms with Gasteiger partial charge in [-0.2, -0.15) is 0 Å². The zero-order valence-electron chi connectivity index (χ0n) is 10.3. The summed E-state index contributed by atoms with van der Waals surface area (Å²) in [6, 6.07) is 6.92. The van der Waals surface area contributed by atoms with Gasteiger partial charge in [0.1, 0.15) is 11.6 Å². The first-order chi connectivity index (χ1) is 10.0. The molecule has 0 aromatic heterocycles. The lowest BCUT2D eigenvalue weighted by atomic mass is 9.92. The summed E-state index contributed by atoms with van der Waals surface area (Å²) in [7, 11) is 0. The average molecular weight is 290 g/mol. The van der Waals surface area contributed by atoms with Crippen LogP contribution in [-0.4, -0.2) is 5.11 Å². The molecule has 0 atom stereocenters. The van der Waals surface area contributed by atoms with Crippen LogP contribution >= 0.6 is 0 Å². The third-order valence-corrected chi connectivity index (χ3v) is 3.78. The van der Waals surface area contributed by atoms with E-state index in [1.54, 1.807) is 18.2 Å². The molecule has 0 aliphatic carbocycles. The van der Waals surface area contributed by atoms with E-state index in [9.17, 15) is 22.7 Å². The molecule has 0 aliphatic rings.